The van der Waals surface area contributed by atoms with Crippen molar-refractivity contribution in [3.05, 3.63) is 84.3 Å². The summed E-state index contributed by atoms with van der Waals surface area (Å²) in [4.78, 5) is 21.7. The van der Waals surface area contributed by atoms with Gasteiger partial charge in [0.25, 0.3) is 5.91 Å². The summed E-state index contributed by atoms with van der Waals surface area (Å²) in [6.07, 6.45) is 7.13. The second-order valence-corrected chi connectivity index (χ2v) is 8.36. The third-order valence-corrected chi connectivity index (χ3v) is 5.79. The van der Waals surface area contributed by atoms with Crippen LogP contribution in [-0.2, 0) is 11.4 Å². The highest BCUT2D eigenvalue weighted by Crippen LogP contribution is 2.26. The van der Waals surface area contributed by atoms with E-state index < -0.39 is 6.67 Å². The van der Waals surface area contributed by atoms with Crippen LogP contribution in [0.15, 0.2) is 73.2 Å². The van der Waals surface area contributed by atoms with Crippen LogP contribution in [0.25, 0.3) is 10.8 Å². The SMILES string of the molecule is O=C(Nc1cc(CF)cc(OCC2CCCO2)c1)c1cccnc1Nc1ccc2ccncc2c1. The molecule has 0 bridgehead atoms. The summed E-state index contributed by atoms with van der Waals surface area (Å²) in [6.45, 7) is 0.453. The number of anilines is 3. The molecule has 2 aromatic carbocycles. The molecule has 178 valence electrons. The number of hydrogen-bond acceptors (Lipinski definition) is 6. The van der Waals surface area contributed by atoms with Gasteiger partial charge in [-0.2, -0.15) is 0 Å². The van der Waals surface area contributed by atoms with Crippen molar-refractivity contribution in [3.8, 4) is 5.75 Å². The van der Waals surface area contributed by atoms with Crippen LogP contribution in [0.4, 0.5) is 21.6 Å². The molecule has 1 fully saturated rings. The fourth-order valence-corrected chi connectivity index (χ4v) is 4.04. The average molecular weight is 473 g/mol. The Bertz CT molecular complexity index is 1340. The number of fused-ring (bicyclic) bond motifs is 1. The Morgan fingerprint density at radius 1 is 1.09 bits per heavy atom. The second-order valence-electron chi connectivity index (χ2n) is 8.36. The molecule has 1 unspecified atom stereocenters. The average Bonchev–Trinajstić information content (AvgIpc) is 3.41. The summed E-state index contributed by atoms with van der Waals surface area (Å²) in [5.41, 5.74) is 1.99. The maximum atomic E-state index is 13.5. The Labute approximate surface area is 202 Å². The van der Waals surface area contributed by atoms with Crippen LogP contribution < -0.4 is 15.4 Å². The van der Waals surface area contributed by atoms with Gasteiger partial charge in [-0.25, -0.2) is 9.37 Å². The van der Waals surface area contributed by atoms with E-state index in [1.807, 2.05) is 24.3 Å². The van der Waals surface area contributed by atoms with Crippen LogP contribution >= 0.6 is 0 Å². The summed E-state index contributed by atoms with van der Waals surface area (Å²) in [5.74, 6) is 0.522. The van der Waals surface area contributed by atoms with E-state index in [0.717, 1.165) is 35.9 Å². The number of pyridine rings is 2. The number of rotatable bonds is 8. The second kappa shape index (κ2) is 10.5. The molecule has 5 rings (SSSR count). The lowest BCUT2D eigenvalue weighted by Gasteiger charge is -2.15. The molecule has 35 heavy (non-hydrogen) atoms. The van der Waals surface area contributed by atoms with Gasteiger partial charge < -0.3 is 20.1 Å². The molecule has 1 aliphatic heterocycles. The van der Waals surface area contributed by atoms with Crippen LogP contribution in [0.2, 0.25) is 0 Å². The van der Waals surface area contributed by atoms with E-state index in [1.54, 1.807) is 48.9 Å². The molecule has 7 nitrogen and oxygen atoms in total. The van der Waals surface area contributed by atoms with Crippen molar-refractivity contribution in [2.45, 2.75) is 25.6 Å². The lowest BCUT2D eigenvalue weighted by Crippen LogP contribution is -2.17. The number of amides is 1. The monoisotopic (exact) mass is 472 g/mol. The van der Waals surface area contributed by atoms with E-state index in [0.29, 0.717) is 35.0 Å². The number of benzene rings is 2. The first-order valence-electron chi connectivity index (χ1n) is 11.5. The molecule has 1 aliphatic rings. The molecule has 0 aliphatic carbocycles. The Kier molecular flexibility index (Phi) is 6.81. The predicted octanol–water partition coefficient (Wildman–Crippen LogP) is 5.65. The van der Waals surface area contributed by atoms with Crippen molar-refractivity contribution in [3.63, 3.8) is 0 Å². The summed E-state index contributed by atoms with van der Waals surface area (Å²) in [6, 6.07) is 16.1. The van der Waals surface area contributed by atoms with Gasteiger partial charge in [0.05, 0.1) is 11.7 Å². The first-order chi connectivity index (χ1) is 17.2. The molecule has 3 heterocycles. The van der Waals surface area contributed by atoms with Gasteiger partial charge in [0, 0.05) is 48.0 Å². The van der Waals surface area contributed by atoms with E-state index in [2.05, 4.69) is 20.6 Å². The highest BCUT2D eigenvalue weighted by molar-refractivity contribution is 6.08. The Hall–Kier alpha value is -4.04. The van der Waals surface area contributed by atoms with Gasteiger partial charge in [0.1, 0.15) is 24.8 Å². The van der Waals surface area contributed by atoms with E-state index in [9.17, 15) is 9.18 Å². The number of halogens is 1. The molecule has 4 aromatic rings. The van der Waals surface area contributed by atoms with Gasteiger partial charge in [0.2, 0.25) is 0 Å². The zero-order valence-corrected chi connectivity index (χ0v) is 19.0. The minimum absolute atomic E-state index is 0.0389. The number of alkyl halides is 1. The molecule has 1 atom stereocenters. The molecule has 2 aromatic heterocycles. The van der Waals surface area contributed by atoms with Crippen LogP contribution in [0.1, 0.15) is 28.8 Å². The highest BCUT2D eigenvalue weighted by atomic mass is 19.1. The predicted molar refractivity (Wildman–Crippen MR) is 133 cm³/mol. The zero-order chi connectivity index (χ0) is 24.0. The number of carbonyl (C=O) groups excluding carboxylic acids is 1. The minimum atomic E-state index is -0.670. The molecule has 0 spiro atoms. The third kappa shape index (κ3) is 5.55. The number of ether oxygens (including phenoxy) is 2. The summed E-state index contributed by atoms with van der Waals surface area (Å²) >= 11 is 0. The van der Waals surface area contributed by atoms with Crippen molar-refractivity contribution >= 4 is 33.9 Å². The third-order valence-electron chi connectivity index (χ3n) is 5.79. The molecule has 0 radical (unpaired) electrons. The van der Waals surface area contributed by atoms with Crippen molar-refractivity contribution in [2.75, 3.05) is 23.8 Å². The molecular weight excluding hydrogens is 447 g/mol. The van der Waals surface area contributed by atoms with Crippen molar-refractivity contribution in [1.82, 2.24) is 9.97 Å². The Balaban J connectivity index is 1.33. The zero-order valence-electron chi connectivity index (χ0n) is 19.0. The molecule has 0 saturated carbocycles. The van der Waals surface area contributed by atoms with E-state index in [-0.39, 0.29) is 12.0 Å². The number of aromatic nitrogens is 2. The van der Waals surface area contributed by atoms with Gasteiger partial charge in [-0.05, 0) is 66.3 Å². The molecule has 1 amide bonds. The van der Waals surface area contributed by atoms with Crippen LogP contribution in [0.3, 0.4) is 0 Å². The van der Waals surface area contributed by atoms with Crippen LogP contribution in [0.5, 0.6) is 5.75 Å². The van der Waals surface area contributed by atoms with E-state index in [4.69, 9.17) is 9.47 Å². The normalized spacial score (nSPS) is 15.2. The number of nitrogens with zero attached hydrogens (tertiary/aromatic N) is 2. The van der Waals surface area contributed by atoms with Gasteiger partial charge in [-0.3, -0.25) is 9.78 Å². The fourth-order valence-electron chi connectivity index (χ4n) is 4.04. The summed E-state index contributed by atoms with van der Waals surface area (Å²) in [7, 11) is 0. The summed E-state index contributed by atoms with van der Waals surface area (Å²) in [5, 5.41) is 8.10. The largest absolute Gasteiger partial charge is 0.491 e. The lowest BCUT2D eigenvalue weighted by molar-refractivity contribution is 0.0679. The topological polar surface area (TPSA) is 85.4 Å². The smallest absolute Gasteiger partial charge is 0.259 e. The number of carbonyl (C=O) groups is 1. The summed E-state index contributed by atoms with van der Waals surface area (Å²) < 4.78 is 24.9. The standard InChI is InChI=1S/C27H25FN4O3/c28-15-18-11-22(14-24(12-18)35-17-23-3-2-10-34-23)32-27(33)25-4-1-8-30-26(25)31-21-6-5-19-7-9-29-16-20(19)13-21/h1,4-9,11-14,16,23H,2-3,10,15,17H2,(H,30,31)(H,32,33). The van der Waals surface area contributed by atoms with Crippen molar-refractivity contribution in [2.24, 2.45) is 0 Å². The Morgan fingerprint density at radius 3 is 2.89 bits per heavy atom. The number of nitrogens with one attached hydrogen (secondary N) is 2. The minimum Gasteiger partial charge on any atom is -0.491 e. The van der Waals surface area contributed by atoms with Crippen molar-refractivity contribution < 1.29 is 18.7 Å². The van der Waals surface area contributed by atoms with E-state index >= 15 is 0 Å². The van der Waals surface area contributed by atoms with Gasteiger partial charge in [-0.15, -0.1) is 0 Å². The highest BCUT2D eigenvalue weighted by Gasteiger charge is 2.17. The molecular formula is C27H25FN4O3. The van der Waals surface area contributed by atoms with Gasteiger partial charge >= 0.3 is 0 Å². The quantitative estimate of drug-likeness (QED) is 0.345. The van der Waals surface area contributed by atoms with Gasteiger partial charge in [0.15, 0.2) is 0 Å². The first kappa shape index (κ1) is 22.7. The Morgan fingerprint density at radius 2 is 2.03 bits per heavy atom. The van der Waals surface area contributed by atoms with E-state index in [1.165, 1.54) is 0 Å². The molecule has 2 N–H and O–H groups in total. The van der Waals surface area contributed by atoms with Crippen LogP contribution in [0, 0.1) is 0 Å². The van der Waals surface area contributed by atoms with Crippen molar-refractivity contribution in [1.29, 1.82) is 0 Å². The number of hydrogen-bond donors (Lipinski definition) is 2. The lowest BCUT2D eigenvalue weighted by atomic mass is 10.1. The molecule has 1 saturated heterocycles. The molecule has 8 heteroatoms. The van der Waals surface area contributed by atoms with Gasteiger partial charge in [-0.1, -0.05) is 6.07 Å². The first-order valence-corrected chi connectivity index (χ1v) is 11.5. The fraction of sp³-hybridized carbons (Fsp3) is 0.222. The maximum Gasteiger partial charge on any atom is 0.259 e. The van der Waals surface area contributed by atoms with Crippen LogP contribution in [-0.4, -0.2) is 35.2 Å². The maximum absolute atomic E-state index is 13.5.